The third-order valence-electron chi connectivity index (χ3n) is 0.563. The first-order valence-electron chi connectivity index (χ1n) is 1.72. The highest BCUT2D eigenvalue weighted by atomic mass is 32.2. The monoisotopic (exact) mass is 135 g/mol. The Morgan fingerprint density at radius 1 is 1.75 bits per heavy atom. The van der Waals surface area contributed by atoms with Crippen molar-refractivity contribution >= 4 is 16.0 Å². The number of hydrogen-bond donors (Lipinski definition) is 2. The Labute approximate surface area is 47.1 Å². The van der Waals surface area contributed by atoms with E-state index in [0.29, 0.717) is 0 Å². The smallest absolute Gasteiger partial charge is 0.282 e. The highest BCUT2D eigenvalue weighted by Crippen LogP contribution is 1.93. The van der Waals surface area contributed by atoms with Crippen LogP contribution in [0, 0.1) is 5.41 Å². The van der Waals surface area contributed by atoms with E-state index in [1.807, 2.05) is 0 Å². The van der Waals surface area contributed by atoms with Gasteiger partial charge in [0.1, 0.15) is 4.91 Å². The molecule has 0 rings (SSSR count). The molecule has 0 spiro atoms. The van der Waals surface area contributed by atoms with Gasteiger partial charge < -0.3 is 0 Å². The van der Waals surface area contributed by atoms with Crippen LogP contribution in [0.25, 0.3) is 0 Å². The number of rotatable bonds is 1. The lowest BCUT2D eigenvalue weighted by molar-refractivity contribution is 0.491. The van der Waals surface area contributed by atoms with Crippen molar-refractivity contribution in [1.29, 1.82) is 5.41 Å². The molecule has 4 nitrogen and oxygen atoms in total. The fourth-order valence-electron chi connectivity index (χ4n) is 0.0645. The second-order valence-electron chi connectivity index (χ2n) is 1.16. The van der Waals surface area contributed by atoms with E-state index in [0.717, 1.165) is 6.92 Å². The van der Waals surface area contributed by atoms with E-state index >= 15 is 0 Å². The Bertz CT molecular complexity index is 221. The van der Waals surface area contributed by atoms with Gasteiger partial charge in [0.15, 0.2) is 0 Å². The Hall–Kier alpha value is -0.640. The minimum atomic E-state index is -4.13. The van der Waals surface area contributed by atoms with Crippen LogP contribution in [-0.4, -0.2) is 18.8 Å². The van der Waals surface area contributed by atoms with Crippen molar-refractivity contribution in [3.05, 3.63) is 4.91 Å². The maximum atomic E-state index is 9.90. The van der Waals surface area contributed by atoms with Crippen LogP contribution in [0.1, 0.15) is 6.92 Å². The SMILES string of the molecule is CC(=C=N)S(=O)(=O)O. The summed E-state index contributed by atoms with van der Waals surface area (Å²) in [5.74, 6) is 1.53. The van der Waals surface area contributed by atoms with Gasteiger partial charge in [-0.05, 0) is 12.8 Å². The van der Waals surface area contributed by atoms with Gasteiger partial charge in [-0.1, -0.05) is 0 Å². The fourth-order valence-corrected chi connectivity index (χ4v) is 0.193. The number of nitrogens with one attached hydrogen (secondary N) is 1. The Morgan fingerprint density at radius 2 is 2.12 bits per heavy atom. The standard InChI is InChI=1S/C3H5NO3S/c1-3(2-4)8(5,6)7/h4H,1H3,(H,5,6,7). The van der Waals surface area contributed by atoms with E-state index in [1.54, 1.807) is 0 Å². The number of allylic oxidation sites excluding steroid dienone is 1. The van der Waals surface area contributed by atoms with Crippen molar-refractivity contribution in [1.82, 2.24) is 0 Å². The molecule has 0 saturated heterocycles. The summed E-state index contributed by atoms with van der Waals surface area (Å²) >= 11 is 0. The van der Waals surface area contributed by atoms with Crippen molar-refractivity contribution < 1.29 is 13.0 Å². The van der Waals surface area contributed by atoms with E-state index in [4.69, 9.17) is 9.96 Å². The zero-order chi connectivity index (χ0) is 6.78. The molecule has 0 aliphatic rings. The van der Waals surface area contributed by atoms with Crippen LogP contribution >= 0.6 is 0 Å². The van der Waals surface area contributed by atoms with Crippen LogP contribution < -0.4 is 0 Å². The predicted octanol–water partition coefficient (Wildman–Crippen LogP) is 0.0265. The minimum Gasteiger partial charge on any atom is -0.282 e. The molecule has 0 aliphatic carbocycles. The third kappa shape index (κ3) is 1.88. The van der Waals surface area contributed by atoms with E-state index in [-0.39, 0.29) is 0 Å². The van der Waals surface area contributed by atoms with Crippen LogP contribution in [0.4, 0.5) is 0 Å². The minimum absolute atomic E-state index is 0.475. The van der Waals surface area contributed by atoms with Gasteiger partial charge in [0.05, 0.1) is 0 Å². The quantitative estimate of drug-likeness (QED) is 0.393. The average molecular weight is 135 g/mol. The highest BCUT2D eigenvalue weighted by molar-refractivity contribution is 7.90. The molecule has 0 heterocycles. The van der Waals surface area contributed by atoms with Gasteiger partial charge >= 0.3 is 0 Å². The van der Waals surface area contributed by atoms with Gasteiger partial charge in [0.2, 0.25) is 0 Å². The number of hydrogen-bond acceptors (Lipinski definition) is 3. The van der Waals surface area contributed by atoms with Gasteiger partial charge in [-0.15, -0.1) is 0 Å². The highest BCUT2D eigenvalue weighted by Gasteiger charge is 2.05. The summed E-state index contributed by atoms with van der Waals surface area (Å²) in [6.07, 6.45) is 0. The van der Waals surface area contributed by atoms with Crippen LogP contribution in [0.2, 0.25) is 0 Å². The first-order valence-corrected chi connectivity index (χ1v) is 3.16. The summed E-state index contributed by atoms with van der Waals surface area (Å²) in [7, 11) is -4.13. The maximum absolute atomic E-state index is 9.90. The van der Waals surface area contributed by atoms with E-state index in [1.165, 1.54) is 5.87 Å². The van der Waals surface area contributed by atoms with Gasteiger partial charge in [0, 0.05) is 0 Å². The van der Waals surface area contributed by atoms with Crippen molar-refractivity contribution in [3.63, 3.8) is 0 Å². The average Bonchev–Trinajstić information content (AvgIpc) is 1.62. The zero-order valence-corrected chi connectivity index (χ0v) is 4.99. The molecule has 8 heavy (non-hydrogen) atoms. The summed E-state index contributed by atoms with van der Waals surface area (Å²) in [5.41, 5.74) is 0. The lowest BCUT2D eigenvalue weighted by Crippen LogP contribution is -1.97. The lowest BCUT2D eigenvalue weighted by Gasteiger charge is -1.85. The van der Waals surface area contributed by atoms with Crippen molar-refractivity contribution in [3.8, 4) is 0 Å². The summed E-state index contributed by atoms with van der Waals surface area (Å²) in [6, 6.07) is 0. The molecule has 0 bridgehead atoms. The van der Waals surface area contributed by atoms with Crippen molar-refractivity contribution in [2.75, 3.05) is 0 Å². The molecule has 0 aromatic rings. The molecule has 5 heteroatoms. The van der Waals surface area contributed by atoms with Crippen LogP contribution in [0.5, 0.6) is 0 Å². The Morgan fingerprint density at radius 3 is 2.12 bits per heavy atom. The molecule has 0 atom stereocenters. The first kappa shape index (κ1) is 7.36. The topological polar surface area (TPSA) is 78.2 Å². The second-order valence-corrected chi connectivity index (χ2v) is 2.72. The summed E-state index contributed by atoms with van der Waals surface area (Å²) < 4.78 is 27.8. The molecule has 0 aromatic carbocycles. The van der Waals surface area contributed by atoms with E-state index < -0.39 is 15.0 Å². The first-order chi connectivity index (χ1) is 3.48. The maximum Gasteiger partial charge on any atom is 0.299 e. The predicted molar refractivity (Wildman–Crippen MR) is 28.5 cm³/mol. The molecule has 0 saturated carbocycles. The molecule has 0 aromatic heterocycles. The second kappa shape index (κ2) is 2.09. The van der Waals surface area contributed by atoms with Crippen LogP contribution in [0.15, 0.2) is 4.91 Å². The molecule has 0 radical (unpaired) electrons. The molecule has 0 aliphatic heterocycles. The van der Waals surface area contributed by atoms with Gasteiger partial charge in [-0.25, -0.2) is 0 Å². The van der Waals surface area contributed by atoms with Crippen LogP contribution in [0.3, 0.4) is 0 Å². The van der Waals surface area contributed by atoms with Crippen molar-refractivity contribution in [2.24, 2.45) is 0 Å². The largest absolute Gasteiger partial charge is 0.299 e. The Balaban J connectivity index is 4.83. The zero-order valence-electron chi connectivity index (χ0n) is 4.17. The van der Waals surface area contributed by atoms with E-state index in [9.17, 15) is 8.42 Å². The van der Waals surface area contributed by atoms with Crippen molar-refractivity contribution in [2.45, 2.75) is 6.92 Å². The molecule has 46 valence electrons. The summed E-state index contributed by atoms with van der Waals surface area (Å²) in [6.45, 7) is 1.09. The Kier molecular flexibility index (Phi) is 1.92. The molecular formula is C3H5NO3S. The molecule has 0 unspecified atom stereocenters. The van der Waals surface area contributed by atoms with Gasteiger partial charge in [-0.2, -0.15) is 8.42 Å². The normalized spacial score (nSPS) is 10.2. The van der Waals surface area contributed by atoms with Gasteiger partial charge in [-0.3, -0.25) is 9.96 Å². The third-order valence-corrected chi connectivity index (χ3v) is 1.44. The van der Waals surface area contributed by atoms with E-state index in [2.05, 4.69) is 0 Å². The summed E-state index contributed by atoms with van der Waals surface area (Å²) in [4.78, 5) is -0.475. The fraction of sp³-hybridized carbons (Fsp3) is 0.333. The molecule has 2 N–H and O–H groups in total. The van der Waals surface area contributed by atoms with Gasteiger partial charge in [0.25, 0.3) is 10.1 Å². The van der Waals surface area contributed by atoms with Crippen LogP contribution in [-0.2, 0) is 10.1 Å². The summed E-state index contributed by atoms with van der Waals surface area (Å²) in [5, 5.41) is 6.24. The lowest BCUT2D eigenvalue weighted by atomic mass is 10.7. The molecule has 0 fully saturated rings. The molecular weight excluding hydrogens is 130 g/mol. The molecule has 0 amide bonds.